The number of aromatic nitrogens is 1. The van der Waals surface area contributed by atoms with Crippen LogP contribution in [0, 0.1) is 5.92 Å². The molecule has 2 saturated heterocycles. The lowest BCUT2D eigenvalue weighted by Gasteiger charge is -2.50. The van der Waals surface area contributed by atoms with Crippen LogP contribution in [0.1, 0.15) is 24.8 Å². The van der Waals surface area contributed by atoms with Crippen molar-refractivity contribution >= 4 is 21.4 Å². The van der Waals surface area contributed by atoms with Gasteiger partial charge in [0.2, 0.25) is 10.0 Å². The molecule has 2 fully saturated rings. The molecule has 3 heterocycles. The van der Waals surface area contributed by atoms with Gasteiger partial charge >= 0.3 is 0 Å². The van der Waals surface area contributed by atoms with Gasteiger partial charge in [-0.2, -0.15) is 0 Å². The zero-order chi connectivity index (χ0) is 15.6. The van der Waals surface area contributed by atoms with E-state index in [2.05, 4.69) is 14.6 Å². The fraction of sp³-hybridized carbons (Fsp3) is 0.786. The molecule has 124 valence electrons. The Kier molecular flexibility index (Phi) is 4.84. The average molecular weight is 345 g/mol. The zero-order valence-corrected chi connectivity index (χ0v) is 14.5. The summed E-state index contributed by atoms with van der Waals surface area (Å²) in [7, 11) is -3.09. The van der Waals surface area contributed by atoms with E-state index in [1.807, 2.05) is 11.6 Å². The predicted molar refractivity (Wildman–Crippen MR) is 86.3 cm³/mol. The summed E-state index contributed by atoms with van der Waals surface area (Å²) in [6.07, 6.45) is 3.72. The first-order valence-electron chi connectivity index (χ1n) is 7.75. The van der Waals surface area contributed by atoms with E-state index in [1.54, 1.807) is 18.3 Å². The van der Waals surface area contributed by atoms with Gasteiger partial charge in [0.15, 0.2) is 0 Å². The van der Waals surface area contributed by atoms with Gasteiger partial charge in [-0.05, 0) is 25.7 Å². The van der Waals surface area contributed by atoms with E-state index < -0.39 is 10.0 Å². The third kappa shape index (κ3) is 3.51. The van der Waals surface area contributed by atoms with Crippen LogP contribution >= 0.6 is 11.3 Å². The quantitative estimate of drug-likeness (QED) is 0.800. The summed E-state index contributed by atoms with van der Waals surface area (Å²) in [5, 5.41) is 3.14. The fourth-order valence-corrected chi connectivity index (χ4v) is 4.67. The van der Waals surface area contributed by atoms with Gasteiger partial charge < -0.3 is 4.74 Å². The van der Waals surface area contributed by atoms with E-state index in [0.717, 1.165) is 44.1 Å². The summed E-state index contributed by atoms with van der Waals surface area (Å²) < 4.78 is 31.7. The third-order valence-electron chi connectivity index (χ3n) is 4.62. The number of rotatable bonds is 7. The van der Waals surface area contributed by atoms with E-state index in [4.69, 9.17) is 4.74 Å². The minimum atomic E-state index is -3.09. The van der Waals surface area contributed by atoms with E-state index in [1.165, 1.54) is 0 Å². The lowest BCUT2D eigenvalue weighted by Crippen LogP contribution is -2.64. The summed E-state index contributed by atoms with van der Waals surface area (Å²) in [5.74, 6) is 0.584. The topological polar surface area (TPSA) is 71.5 Å². The summed E-state index contributed by atoms with van der Waals surface area (Å²) in [4.78, 5) is 6.67. The molecule has 1 spiro atoms. The van der Waals surface area contributed by atoms with Crippen LogP contribution in [0.4, 0.5) is 0 Å². The smallest absolute Gasteiger partial charge is 0.211 e. The highest BCUT2D eigenvalue weighted by molar-refractivity contribution is 7.89. The van der Waals surface area contributed by atoms with Crippen molar-refractivity contribution < 1.29 is 13.2 Å². The summed E-state index contributed by atoms with van der Waals surface area (Å²) >= 11 is 1.68. The molecule has 1 unspecified atom stereocenters. The standard InChI is InChI=1S/C14H23N3O3S2/c1-2-22(18,19)16-5-3-12-4-7-20-14(12)10-17(11-14)9-13-15-6-8-21-13/h6,8,12,16H,2-5,7,9-11H2,1H3. The first kappa shape index (κ1) is 16.3. The van der Waals surface area contributed by atoms with Crippen LogP contribution < -0.4 is 4.72 Å². The van der Waals surface area contributed by atoms with Gasteiger partial charge in [-0.3, -0.25) is 4.90 Å². The molecule has 6 nitrogen and oxygen atoms in total. The largest absolute Gasteiger partial charge is 0.372 e. The number of nitrogens with zero attached hydrogens (tertiary/aromatic N) is 2. The highest BCUT2D eigenvalue weighted by Crippen LogP contribution is 2.42. The second-order valence-electron chi connectivity index (χ2n) is 6.06. The summed E-state index contributed by atoms with van der Waals surface area (Å²) in [6, 6.07) is 0. The Hall–Kier alpha value is -0.540. The van der Waals surface area contributed by atoms with Gasteiger partial charge in [0.1, 0.15) is 5.01 Å². The Labute approximate surface area is 135 Å². The number of hydrogen-bond acceptors (Lipinski definition) is 6. The lowest BCUT2D eigenvalue weighted by atomic mass is 9.79. The maximum atomic E-state index is 11.5. The lowest BCUT2D eigenvalue weighted by molar-refractivity contribution is -0.136. The van der Waals surface area contributed by atoms with Crippen LogP contribution in [0.3, 0.4) is 0 Å². The van der Waals surface area contributed by atoms with E-state index >= 15 is 0 Å². The molecule has 1 aromatic rings. The normalized spacial score (nSPS) is 24.7. The average Bonchev–Trinajstić information content (AvgIpc) is 3.08. The molecule has 8 heteroatoms. The molecule has 2 aliphatic heterocycles. The minimum absolute atomic E-state index is 0.0606. The molecule has 22 heavy (non-hydrogen) atoms. The van der Waals surface area contributed by atoms with Crippen molar-refractivity contribution in [3.63, 3.8) is 0 Å². The highest BCUT2D eigenvalue weighted by Gasteiger charge is 2.52. The van der Waals surface area contributed by atoms with Crippen molar-refractivity contribution in [1.82, 2.24) is 14.6 Å². The van der Waals surface area contributed by atoms with E-state index in [0.29, 0.717) is 12.5 Å². The molecule has 3 rings (SSSR count). The van der Waals surface area contributed by atoms with Gasteiger partial charge in [0.25, 0.3) is 0 Å². The number of ether oxygens (including phenoxy) is 1. The Morgan fingerprint density at radius 1 is 1.55 bits per heavy atom. The molecule has 0 amide bonds. The predicted octanol–water partition coefficient (Wildman–Crippen LogP) is 1.06. The fourth-order valence-electron chi connectivity index (χ4n) is 3.38. The van der Waals surface area contributed by atoms with E-state index in [9.17, 15) is 8.42 Å². The van der Waals surface area contributed by atoms with Crippen LogP contribution in [0.2, 0.25) is 0 Å². The van der Waals surface area contributed by atoms with Crippen molar-refractivity contribution in [2.45, 2.75) is 31.9 Å². The minimum Gasteiger partial charge on any atom is -0.372 e. The summed E-state index contributed by atoms with van der Waals surface area (Å²) in [5.41, 5.74) is -0.0606. The maximum Gasteiger partial charge on any atom is 0.211 e. The molecule has 0 radical (unpaired) electrons. The number of sulfonamides is 1. The monoisotopic (exact) mass is 345 g/mol. The van der Waals surface area contributed by atoms with Gasteiger partial charge in [-0.25, -0.2) is 18.1 Å². The van der Waals surface area contributed by atoms with Gasteiger partial charge in [0.05, 0.1) is 17.9 Å². The van der Waals surface area contributed by atoms with Gasteiger partial charge in [-0.1, -0.05) is 0 Å². The maximum absolute atomic E-state index is 11.5. The van der Waals surface area contributed by atoms with E-state index in [-0.39, 0.29) is 11.4 Å². The number of hydrogen-bond donors (Lipinski definition) is 1. The first-order valence-corrected chi connectivity index (χ1v) is 10.3. The van der Waals surface area contributed by atoms with Crippen molar-refractivity contribution in [2.24, 2.45) is 5.92 Å². The molecular weight excluding hydrogens is 322 g/mol. The van der Waals surface area contributed by atoms with Crippen molar-refractivity contribution in [3.05, 3.63) is 16.6 Å². The van der Waals surface area contributed by atoms with Crippen LogP contribution in [-0.2, 0) is 21.3 Å². The number of likely N-dealkylation sites (tertiary alicyclic amines) is 1. The Morgan fingerprint density at radius 3 is 3.05 bits per heavy atom. The van der Waals surface area contributed by atoms with Crippen molar-refractivity contribution in [3.8, 4) is 0 Å². The highest BCUT2D eigenvalue weighted by atomic mass is 32.2. The molecule has 0 saturated carbocycles. The van der Waals surface area contributed by atoms with Gasteiger partial charge in [-0.15, -0.1) is 11.3 Å². The Balaban J connectivity index is 1.47. The van der Waals surface area contributed by atoms with Crippen molar-refractivity contribution in [2.75, 3.05) is 32.0 Å². The second kappa shape index (κ2) is 6.52. The molecule has 1 aromatic heterocycles. The number of thiazole rings is 1. The van der Waals surface area contributed by atoms with Crippen LogP contribution in [0.15, 0.2) is 11.6 Å². The van der Waals surface area contributed by atoms with Crippen LogP contribution in [0.5, 0.6) is 0 Å². The van der Waals surface area contributed by atoms with Crippen LogP contribution in [-0.4, -0.2) is 55.9 Å². The van der Waals surface area contributed by atoms with Crippen LogP contribution in [0.25, 0.3) is 0 Å². The Morgan fingerprint density at radius 2 is 2.36 bits per heavy atom. The SMILES string of the molecule is CCS(=O)(=O)NCCC1CCOC12CN(Cc1nccs1)C2. The molecule has 0 bridgehead atoms. The second-order valence-corrected chi connectivity index (χ2v) is 9.13. The Bertz CT molecular complexity index is 582. The number of nitrogens with one attached hydrogen (secondary N) is 1. The summed E-state index contributed by atoms with van der Waals surface area (Å²) in [6.45, 7) is 5.70. The zero-order valence-electron chi connectivity index (χ0n) is 12.8. The molecule has 2 aliphatic rings. The molecule has 1 atom stereocenters. The molecular formula is C14H23N3O3S2. The third-order valence-corrected chi connectivity index (χ3v) is 6.79. The molecule has 0 aromatic carbocycles. The van der Waals surface area contributed by atoms with Gasteiger partial charge in [0, 0.05) is 37.8 Å². The molecule has 1 N–H and O–H groups in total. The first-order chi connectivity index (χ1) is 10.5. The molecule has 0 aliphatic carbocycles. The van der Waals surface area contributed by atoms with Crippen molar-refractivity contribution in [1.29, 1.82) is 0 Å².